The summed E-state index contributed by atoms with van der Waals surface area (Å²) in [5.41, 5.74) is 0. The van der Waals surface area contributed by atoms with Gasteiger partial charge >= 0.3 is 7.82 Å². The van der Waals surface area contributed by atoms with Gasteiger partial charge in [-0.05, 0) is 19.3 Å². The lowest BCUT2D eigenvalue weighted by Gasteiger charge is -2.25. The molecule has 0 bridgehead atoms. The molecule has 0 aromatic carbocycles. The molecule has 3 N–H and O–H groups in total. The molecule has 0 radical (unpaired) electrons. The van der Waals surface area contributed by atoms with Crippen molar-refractivity contribution < 1.29 is 32.9 Å². The molecule has 1 amide bonds. The van der Waals surface area contributed by atoms with E-state index < -0.39 is 20.0 Å². The number of phosphoric acid groups is 1. The lowest BCUT2D eigenvalue weighted by molar-refractivity contribution is -0.870. The predicted molar refractivity (Wildman–Crippen MR) is 295 cm³/mol. The number of phosphoric ester groups is 1. The van der Waals surface area contributed by atoms with Crippen LogP contribution in [0.1, 0.15) is 309 Å². The number of aliphatic hydroxyl groups is 1. The topological polar surface area (TPSA) is 105 Å². The van der Waals surface area contributed by atoms with Crippen molar-refractivity contribution in [3.8, 4) is 0 Å². The zero-order valence-corrected chi connectivity index (χ0v) is 47.3. The van der Waals surface area contributed by atoms with Crippen molar-refractivity contribution in [3.05, 3.63) is 12.2 Å². The van der Waals surface area contributed by atoms with Crippen LogP contribution in [0.25, 0.3) is 0 Å². The number of rotatable bonds is 56. The molecule has 0 fully saturated rings. The fourth-order valence-electron chi connectivity index (χ4n) is 9.28. The molecule has 0 saturated heterocycles. The molecule has 68 heavy (non-hydrogen) atoms. The van der Waals surface area contributed by atoms with Crippen LogP contribution in [0.3, 0.4) is 0 Å². The van der Waals surface area contributed by atoms with Crippen LogP contribution in [-0.4, -0.2) is 73.4 Å². The molecule has 0 aliphatic carbocycles. The first-order valence-corrected chi connectivity index (χ1v) is 31.6. The monoisotopic (exact) mass is 984 g/mol. The van der Waals surface area contributed by atoms with E-state index >= 15 is 0 Å². The van der Waals surface area contributed by atoms with Crippen molar-refractivity contribution in [2.75, 3.05) is 40.9 Å². The Labute approximate surface area is 424 Å². The second-order valence-electron chi connectivity index (χ2n) is 22.1. The number of likely N-dealkylation sites (N-methyl/N-ethyl adjacent to an activating group) is 1. The maximum absolute atomic E-state index is 13.0. The summed E-state index contributed by atoms with van der Waals surface area (Å²) >= 11 is 0. The molecule has 406 valence electrons. The van der Waals surface area contributed by atoms with Crippen LogP contribution in [0.5, 0.6) is 0 Å². The standard InChI is InChI=1S/C59H119N2O6P/c1-6-8-10-12-14-16-18-20-22-24-26-27-28-29-30-31-32-33-34-35-37-39-41-43-45-47-49-51-53-59(63)60-57(56-67-68(64,65)66-55-54-61(3,4)5)58(62)52-50-48-46-44-42-40-38-36-25-23-21-19-17-15-13-11-9-7-2/h50,52,57-58,62H,6-49,51,53-56H2,1-5H3,(H-,60,63,64,65)/p+1/b52-50+. The highest BCUT2D eigenvalue weighted by Gasteiger charge is 2.27. The zero-order valence-electron chi connectivity index (χ0n) is 46.4. The summed E-state index contributed by atoms with van der Waals surface area (Å²) in [5.74, 6) is -0.169. The van der Waals surface area contributed by atoms with E-state index in [0.29, 0.717) is 17.4 Å². The summed E-state index contributed by atoms with van der Waals surface area (Å²) in [6.45, 7) is 4.87. The van der Waals surface area contributed by atoms with Gasteiger partial charge in [-0.15, -0.1) is 0 Å². The Morgan fingerprint density at radius 2 is 0.779 bits per heavy atom. The van der Waals surface area contributed by atoms with Gasteiger partial charge in [-0.1, -0.05) is 296 Å². The lowest BCUT2D eigenvalue weighted by Crippen LogP contribution is -2.45. The van der Waals surface area contributed by atoms with Crippen molar-refractivity contribution in [3.63, 3.8) is 0 Å². The van der Waals surface area contributed by atoms with Crippen molar-refractivity contribution >= 4 is 13.7 Å². The van der Waals surface area contributed by atoms with Gasteiger partial charge in [0.15, 0.2) is 0 Å². The van der Waals surface area contributed by atoms with Crippen molar-refractivity contribution in [1.82, 2.24) is 5.32 Å². The van der Waals surface area contributed by atoms with E-state index in [2.05, 4.69) is 19.2 Å². The Kier molecular flexibility index (Phi) is 50.6. The third kappa shape index (κ3) is 53.0. The maximum Gasteiger partial charge on any atom is 0.472 e. The number of hydrogen-bond donors (Lipinski definition) is 3. The molecular weight excluding hydrogens is 864 g/mol. The number of aliphatic hydroxyl groups excluding tert-OH is 1. The van der Waals surface area contributed by atoms with Crippen LogP contribution in [0, 0.1) is 0 Å². The Morgan fingerprint density at radius 3 is 1.09 bits per heavy atom. The molecule has 3 atom stereocenters. The zero-order chi connectivity index (χ0) is 49.9. The van der Waals surface area contributed by atoms with E-state index in [0.717, 1.165) is 32.1 Å². The SMILES string of the molecule is CCCCCCCCCCCCCCCCCC/C=C/C(O)C(COP(=O)(O)OCC[N+](C)(C)C)NC(=O)CCCCCCCCCCCCCCCCCCCCCCCCCCCCCC. The first-order chi connectivity index (χ1) is 33.0. The summed E-state index contributed by atoms with van der Waals surface area (Å²) in [6.07, 6.45) is 63.2. The van der Waals surface area contributed by atoms with Crippen LogP contribution >= 0.6 is 7.82 Å². The van der Waals surface area contributed by atoms with Gasteiger partial charge in [0.25, 0.3) is 0 Å². The summed E-state index contributed by atoms with van der Waals surface area (Å²) in [6, 6.07) is -0.842. The number of quaternary nitrogens is 1. The molecule has 0 spiro atoms. The highest BCUT2D eigenvalue weighted by Crippen LogP contribution is 2.43. The second kappa shape index (κ2) is 51.2. The number of nitrogens with zero attached hydrogens (tertiary/aromatic N) is 1. The van der Waals surface area contributed by atoms with Crippen LogP contribution in [-0.2, 0) is 18.4 Å². The minimum atomic E-state index is -4.34. The minimum absolute atomic E-state index is 0.0652. The summed E-state index contributed by atoms with van der Waals surface area (Å²) in [5, 5.41) is 13.9. The van der Waals surface area contributed by atoms with E-state index in [9.17, 15) is 19.4 Å². The molecule has 0 aliphatic rings. The first-order valence-electron chi connectivity index (χ1n) is 30.1. The molecule has 0 aromatic rings. The largest absolute Gasteiger partial charge is 0.472 e. The molecule has 0 saturated carbocycles. The van der Waals surface area contributed by atoms with Gasteiger partial charge in [0.05, 0.1) is 39.9 Å². The second-order valence-corrected chi connectivity index (χ2v) is 23.5. The van der Waals surface area contributed by atoms with Gasteiger partial charge in [0, 0.05) is 6.42 Å². The van der Waals surface area contributed by atoms with Crippen molar-refractivity contribution in [2.45, 2.75) is 321 Å². The third-order valence-electron chi connectivity index (χ3n) is 14.0. The van der Waals surface area contributed by atoms with Crippen LogP contribution in [0.2, 0.25) is 0 Å². The average molecular weight is 985 g/mol. The summed E-state index contributed by atoms with van der Waals surface area (Å²) < 4.78 is 23.7. The molecule has 9 heteroatoms. The van der Waals surface area contributed by atoms with Crippen molar-refractivity contribution in [2.24, 2.45) is 0 Å². The Bertz CT molecular complexity index is 1120. The van der Waals surface area contributed by atoms with E-state index in [1.54, 1.807) is 6.08 Å². The number of unbranched alkanes of at least 4 members (excludes halogenated alkanes) is 43. The molecule has 0 aliphatic heterocycles. The number of nitrogens with one attached hydrogen (secondary N) is 1. The quantitative estimate of drug-likeness (QED) is 0.0243. The van der Waals surface area contributed by atoms with Gasteiger partial charge in [-0.2, -0.15) is 0 Å². The molecule has 8 nitrogen and oxygen atoms in total. The normalized spacial score (nSPS) is 13.9. The number of hydrogen-bond acceptors (Lipinski definition) is 5. The average Bonchev–Trinajstić information content (AvgIpc) is 3.30. The van der Waals surface area contributed by atoms with Crippen LogP contribution in [0.4, 0.5) is 0 Å². The smallest absolute Gasteiger partial charge is 0.387 e. The highest BCUT2D eigenvalue weighted by molar-refractivity contribution is 7.47. The van der Waals surface area contributed by atoms with Crippen LogP contribution < -0.4 is 5.32 Å². The summed E-state index contributed by atoms with van der Waals surface area (Å²) in [4.78, 5) is 23.3. The van der Waals surface area contributed by atoms with E-state index in [1.165, 1.54) is 257 Å². The van der Waals surface area contributed by atoms with Gasteiger partial charge in [0.2, 0.25) is 5.91 Å². The van der Waals surface area contributed by atoms with Gasteiger partial charge in [-0.3, -0.25) is 13.8 Å². The van der Waals surface area contributed by atoms with E-state index in [-0.39, 0.29) is 19.1 Å². The van der Waals surface area contributed by atoms with Crippen LogP contribution in [0.15, 0.2) is 12.2 Å². The lowest BCUT2D eigenvalue weighted by atomic mass is 10.0. The number of allylic oxidation sites excluding steroid dienone is 1. The Hall–Kier alpha value is -0.760. The van der Waals surface area contributed by atoms with Crippen molar-refractivity contribution in [1.29, 1.82) is 0 Å². The number of carbonyl (C=O) groups is 1. The molecule has 3 unspecified atom stereocenters. The van der Waals surface area contributed by atoms with Gasteiger partial charge < -0.3 is 19.8 Å². The Morgan fingerprint density at radius 1 is 0.485 bits per heavy atom. The third-order valence-corrected chi connectivity index (χ3v) is 15.0. The molecule has 0 aromatic heterocycles. The predicted octanol–water partition coefficient (Wildman–Crippen LogP) is 18.2. The Balaban J connectivity index is 4.09. The fraction of sp³-hybridized carbons (Fsp3) is 0.949. The fourth-order valence-corrected chi connectivity index (χ4v) is 10.0. The maximum atomic E-state index is 13.0. The summed E-state index contributed by atoms with van der Waals surface area (Å²) in [7, 11) is 1.59. The molecule has 0 heterocycles. The number of carbonyl (C=O) groups excluding carboxylic acids is 1. The van der Waals surface area contributed by atoms with Gasteiger partial charge in [-0.25, -0.2) is 4.57 Å². The van der Waals surface area contributed by atoms with E-state index in [4.69, 9.17) is 9.05 Å². The number of amides is 1. The highest BCUT2D eigenvalue weighted by atomic mass is 31.2. The molecule has 0 rings (SSSR count). The molecular formula is C59H120N2O6P+. The van der Waals surface area contributed by atoms with E-state index in [1.807, 2.05) is 27.2 Å². The van der Waals surface area contributed by atoms with Gasteiger partial charge in [0.1, 0.15) is 13.2 Å². The first kappa shape index (κ1) is 67.2. The minimum Gasteiger partial charge on any atom is -0.387 e.